The second-order valence-corrected chi connectivity index (χ2v) is 5.81. The molecule has 0 atom stereocenters. The van der Waals surface area contributed by atoms with Crippen molar-refractivity contribution in [3.63, 3.8) is 0 Å². The summed E-state index contributed by atoms with van der Waals surface area (Å²) in [7, 11) is 0. The second-order valence-electron chi connectivity index (χ2n) is 5.37. The molecule has 4 nitrogen and oxygen atoms in total. The van der Waals surface area contributed by atoms with Crippen LogP contribution in [0.15, 0.2) is 42.5 Å². The fourth-order valence-electron chi connectivity index (χ4n) is 2.32. The van der Waals surface area contributed by atoms with E-state index in [2.05, 4.69) is 5.32 Å². The van der Waals surface area contributed by atoms with Crippen molar-refractivity contribution in [1.82, 2.24) is 0 Å². The Labute approximate surface area is 146 Å². The first-order chi connectivity index (χ1) is 11.5. The van der Waals surface area contributed by atoms with Crippen LogP contribution in [0, 0.1) is 6.92 Å². The van der Waals surface area contributed by atoms with Crippen LogP contribution in [0.4, 0.5) is 5.69 Å². The van der Waals surface area contributed by atoms with Gasteiger partial charge in [-0.1, -0.05) is 29.8 Å². The molecule has 126 valence electrons. The molecule has 0 aromatic heterocycles. The summed E-state index contributed by atoms with van der Waals surface area (Å²) in [6, 6.07) is 12.6. The molecular weight excluding hydrogens is 326 g/mol. The predicted octanol–water partition coefficient (Wildman–Crippen LogP) is 4.40. The summed E-state index contributed by atoms with van der Waals surface area (Å²) >= 11 is 5.84. The number of carbonyl (C=O) groups is 2. The average molecular weight is 346 g/mol. The van der Waals surface area contributed by atoms with E-state index in [9.17, 15) is 9.59 Å². The molecule has 2 aromatic carbocycles. The summed E-state index contributed by atoms with van der Waals surface area (Å²) in [5.41, 5.74) is 2.84. The first-order valence-electron chi connectivity index (χ1n) is 7.82. The molecule has 0 bridgehead atoms. The molecule has 2 aromatic rings. The minimum Gasteiger partial charge on any atom is -0.462 e. The third-order valence-corrected chi connectivity index (χ3v) is 3.91. The largest absolute Gasteiger partial charge is 0.462 e. The Hall–Kier alpha value is -2.33. The van der Waals surface area contributed by atoms with Crippen LogP contribution < -0.4 is 5.32 Å². The number of carbonyl (C=O) groups excluding carboxylic acids is 2. The second kappa shape index (κ2) is 8.50. The van der Waals surface area contributed by atoms with Crippen LogP contribution in [0.5, 0.6) is 0 Å². The molecule has 0 saturated carbocycles. The number of rotatable bonds is 6. The van der Waals surface area contributed by atoms with Crippen molar-refractivity contribution in [2.45, 2.75) is 26.7 Å². The monoisotopic (exact) mass is 345 g/mol. The molecule has 0 spiro atoms. The molecule has 0 fully saturated rings. The number of halogens is 1. The van der Waals surface area contributed by atoms with Gasteiger partial charge in [0.2, 0.25) is 5.91 Å². The first-order valence-corrected chi connectivity index (χ1v) is 8.20. The maximum Gasteiger partial charge on any atom is 0.338 e. The molecule has 0 radical (unpaired) electrons. The van der Waals surface area contributed by atoms with Crippen molar-refractivity contribution in [2.24, 2.45) is 0 Å². The highest BCUT2D eigenvalue weighted by molar-refractivity contribution is 6.30. The Bertz CT molecular complexity index is 726. The smallest absolute Gasteiger partial charge is 0.338 e. The lowest BCUT2D eigenvalue weighted by Crippen LogP contribution is -2.15. The number of ether oxygens (including phenoxy) is 1. The standard InChI is InChI=1S/C19H20ClNO3/c1-3-24-19(23)16-5-4-6-17(13(16)2)21-18(22)12-9-14-7-10-15(20)11-8-14/h4-8,10-11H,3,9,12H2,1-2H3,(H,21,22). The fourth-order valence-corrected chi connectivity index (χ4v) is 2.45. The highest BCUT2D eigenvalue weighted by Crippen LogP contribution is 2.20. The van der Waals surface area contributed by atoms with E-state index in [1.165, 1.54) is 0 Å². The van der Waals surface area contributed by atoms with Crippen molar-refractivity contribution in [1.29, 1.82) is 0 Å². The van der Waals surface area contributed by atoms with Crippen LogP contribution in [0.3, 0.4) is 0 Å². The molecule has 5 heteroatoms. The lowest BCUT2D eigenvalue weighted by atomic mass is 10.1. The number of nitrogens with one attached hydrogen (secondary N) is 1. The number of aryl methyl sites for hydroxylation is 1. The Morgan fingerprint density at radius 2 is 1.83 bits per heavy atom. The van der Waals surface area contributed by atoms with Gasteiger partial charge in [0.1, 0.15) is 0 Å². The number of hydrogen-bond donors (Lipinski definition) is 1. The molecule has 0 aliphatic rings. The van der Waals surface area contributed by atoms with Gasteiger partial charge in [-0.2, -0.15) is 0 Å². The third kappa shape index (κ3) is 4.83. The number of amides is 1. The molecule has 1 N–H and O–H groups in total. The van der Waals surface area contributed by atoms with Crippen molar-refractivity contribution in [3.8, 4) is 0 Å². The first kappa shape index (κ1) is 18.0. The van der Waals surface area contributed by atoms with Gasteiger partial charge in [0, 0.05) is 17.1 Å². The molecule has 0 aliphatic heterocycles. The van der Waals surface area contributed by atoms with E-state index in [-0.39, 0.29) is 11.9 Å². The number of hydrogen-bond acceptors (Lipinski definition) is 3. The van der Waals surface area contributed by atoms with Crippen LogP contribution in [0.2, 0.25) is 5.02 Å². The van der Waals surface area contributed by atoms with Gasteiger partial charge in [-0.25, -0.2) is 4.79 Å². The Balaban J connectivity index is 1.99. The zero-order valence-corrected chi connectivity index (χ0v) is 14.5. The van der Waals surface area contributed by atoms with Gasteiger partial charge in [-0.05, 0) is 55.7 Å². The van der Waals surface area contributed by atoms with E-state index in [0.717, 1.165) is 5.56 Å². The van der Waals surface area contributed by atoms with Gasteiger partial charge in [0.15, 0.2) is 0 Å². The van der Waals surface area contributed by atoms with Crippen molar-refractivity contribution < 1.29 is 14.3 Å². The summed E-state index contributed by atoms with van der Waals surface area (Å²) in [5.74, 6) is -0.485. The molecule has 0 aliphatic carbocycles. The minimum atomic E-state index is -0.382. The molecule has 2 rings (SSSR count). The number of anilines is 1. The van der Waals surface area contributed by atoms with E-state index in [1.807, 2.05) is 24.3 Å². The van der Waals surface area contributed by atoms with E-state index in [1.54, 1.807) is 32.0 Å². The Morgan fingerprint density at radius 3 is 2.50 bits per heavy atom. The zero-order valence-electron chi connectivity index (χ0n) is 13.8. The maximum absolute atomic E-state index is 12.2. The van der Waals surface area contributed by atoms with Gasteiger partial charge in [0.25, 0.3) is 0 Å². The van der Waals surface area contributed by atoms with E-state index in [0.29, 0.717) is 41.3 Å². The summed E-state index contributed by atoms with van der Waals surface area (Å²) < 4.78 is 5.02. The van der Waals surface area contributed by atoms with Crippen LogP contribution in [-0.2, 0) is 16.0 Å². The van der Waals surface area contributed by atoms with Crippen molar-refractivity contribution in [2.75, 3.05) is 11.9 Å². The summed E-state index contributed by atoms with van der Waals surface area (Å²) in [6.45, 7) is 3.87. The molecule has 0 unspecified atom stereocenters. The van der Waals surface area contributed by atoms with Crippen molar-refractivity contribution in [3.05, 3.63) is 64.2 Å². The van der Waals surface area contributed by atoms with E-state index < -0.39 is 0 Å². The number of esters is 1. The zero-order chi connectivity index (χ0) is 17.5. The lowest BCUT2D eigenvalue weighted by Gasteiger charge is -2.12. The van der Waals surface area contributed by atoms with Gasteiger partial charge in [-0.15, -0.1) is 0 Å². The number of benzene rings is 2. The summed E-state index contributed by atoms with van der Waals surface area (Å²) in [4.78, 5) is 24.1. The van der Waals surface area contributed by atoms with Crippen LogP contribution in [0.25, 0.3) is 0 Å². The van der Waals surface area contributed by atoms with E-state index in [4.69, 9.17) is 16.3 Å². The Morgan fingerprint density at radius 1 is 1.12 bits per heavy atom. The highest BCUT2D eigenvalue weighted by Gasteiger charge is 2.14. The molecule has 1 amide bonds. The summed E-state index contributed by atoms with van der Waals surface area (Å²) in [6.07, 6.45) is 0.977. The quantitative estimate of drug-likeness (QED) is 0.789. The fraction of sp³-hybridized carbons (Fsp3) is 0.263. The molecule has 0 saturated heterocycles. The van der Waals surface area contributed by atoms with Crippen LogP contribution in [0.1, 0.15) is 34.8 Å². The third-order valence-electron chi connectivity index (χ3n) is 3.66. The predicted molar refractivity (Wildman–Crippen MR) is 95.5 cm³/mol. The van der Waals surface area contributed by atoms with Gasteiger partial charge in [-0.3, -0.25) is 4.79 Å². The molecule has 24 heavy (non-hydrogen) atoms. The molecule has 0 heterocycles. The summed E-state index contributed by atoms with van der Waals surface area (Å²) in [5, 5.41) is 3.53. The average Bonchev–Trinajstić information content (AvgIpc) is 2.56. The van der Waals surface area contributed by atoms with Gasteiger partial charge >= 0.3 is 5.97 Å². The SMILES string of the molecule is CCOC(=O)c1cccc(NC(=O)CCc2ccc(Cl)cc2)c1C. The van der Waals surface area contributed by atoms with Crippen LogP contribution >= 0.6 is 11.6 Å². The van der Waals surface area contributed by atoms with Gasteiger partial charge in [0.05, 0.1) is 12.2 Å². The van der Waals surface area contributed by atoms with Gasteiger partial charge < -0.3 is 10.1 Å². The normalized spacial score (nSPS) is 10.3. The van der Waals surface area contributed by atoms with Crippen LogP contribution in [-0.4, -0.2) is 18.5 Å². The highest BCUT2D eigenvalue weighted by atomic mass is 35.5. The Kier molecular flexibility index (Phi) is 6.38. The molecular formula is C19H20ClNO3. The maximum atomic E-state index is 12.2. The topological polar surface area (TPSA) is 55.4 Å². The minimum absolute atomic E-state index is 0.103. The van der Waals surface area contributed by atoms with Crippen molar-refractivity contribution >= 4 is 29.2 Å². The van der Waals surface area contributed by atoms with E-state index >= 15 is 0 Å². The lowest BCUT2D eigenvalue weighted by molar-refractivity contribution is -0.116.